The maximum Gasteiger partial charge on any atom is 0.193 e. The molecule has 0 saturated carbocycles. The number of hydrogen-bond acceptors (Lipinski definition) is 3. The molecule has 10 heavy (non-hydrogen) atoms. The molecule has 0 radical (unpaired) electrons. The Kier molecular flexibility index (Phi) is 2.11. The second-order valence-electron chi connectivity index (χ2n) is 1.92. The number of thiol groups is 1. The Morgan fingerprint density at radius 3 is 2.20 bits per heavy atom. The Morgan fingerprint density at radius 2 is 1.80 bits per heavy atom. The van der Waals surface area contributed by atoms with E-state index in [9.17, 15) is 0 Å². The molecule has 0 unspecified atom stereocenters. The summed E-state index contributed by atoms with van der Waals surface area (Å²) in [7, 11) is 0. The zero-order valence-electron chi connectivity index (χ0n) is 5.36. The molecule has 0 aliphatic rings. The molecule has 2 N–H and O–H groups in total. The van der Waals surface area contributed by atoms with Crippen LogP contribution in [0.2, 0.25) is 0 Å². The van der Waals surface area contributed by atoms with Gasteiger partial charge in [-0.05, 0) is 0 Å². The molecule has 1 aromatic rings. The van der Waals surface area contributed by atoms with E-state index >= 15 is 0 Å². The van der Waals surface area contributed by atoms with Crippen LogP contribution in [0.15, 0.2) is 12.1 Å². The lowest BCUT2D eigenvalue weighted by Crippen LogP contribution is -1.96. The Balaban J connectivity index is 2.87. The third-order valence-electron chi connectivity index (χ3n) is 1.26. The minimum absolute atomic E-state index is 0.0755. The number of rotatable bonds is 2. The monoisotopic (exact) mass is 159 g/mol. The van der Waals surface area contributed by atoms with Crippen LogP contribution < -0.4 is 0 Å². The maximum atomic E-state index is 9.03. The lowest BCUT2D eigenvalue weighted by Gasteiger charge is -2.02. The van der Waals surface area contributed by atoms with Crippen molar-refractivity contribution in [3.8, 4) is 11.8 Å². The highest BCUT2D eigenvalue weighted by atomic mass is 32.1. The summed E-state index contributed by atoms with van der Waals surface area (Å²) in [6.45, 7) is 0.522. The standard InChI is InChI=1S/C6H9NO2S/c8-5-1-2-6(9)7(5)3-4-10/h1-2,8-10H,3-4H2. The molecule has 1 heterocycles. The number of nitrogens with zero attached hydrogens (tertiary/aromatic N) is 1. The fraction of sp³-hybridized carbons (Fsp3) is 0.333. The van der Waals surface area contributed by atoms with Gasteiger partial charge in [0, 0.05) is 24.4 Å². The van der Waals surface area contributed by atoms with Crippen molar-refractivity contribution in [2.75, 3.05) is 5.75 Å². The van der Waals surface area contributed by atoms with Crippen LogP contribution in [-0.2, 0) is 6.54 Å². The van der Waals surface area contributed by atoms with E-state index < -0.39 is 0 Å². The Labute approximate surface area is 64.3 Å². The molecule has 0 bridgehead atoms. The lowest BCUT2D eigenvalue weighted by molar-refractivity contribution is 0.374. The smallest absolute Gasteiger partial charge is 0.193 e. The summed E-state index contributed by atoms with van der Waals surface area (Å²) in [6, 6.07) is 2.89. The third kappa shape index (κ3) is 1.21. The van der Waals surface area contributed by atoms with E-state index in [-0.39, 0.29) is 11.8 Å². The van der Waals surface area contributed by atoms with Crippen molar-refractivity contribution in [3.63, 3.8) is 0 Å². The topological polar surface area (TPSA) is 45.4 Å². The largest absolute Gasteiger partial charge is 0.494 e. The molecule has 1 rings (SSSR count). The molecule has 0 saturated heterocycles. The van der Waals surface area contributed by atoms with Crippen molar-refractivity contribution in [3.05, 3.63) is 12.1 Å². The first-order chi connectivity index (χ1) is 4.75. The lowest BCUT2D eigenvalue weighted by atomic mass is 10.6. The predicted octanol–water partition coefficient (Wildman–Crippen LogP) is 0.829. The molecular weight excluding hydrogens is 150 g/mol. The summed E-state index contributed by atoms with van der Waals surface area (Å²) >= 11 is 3.96. The summed E-state index contributed by atoms with van der Waals surface area (Å²) < 4.78 is 1.38. The number of aromatic nitrogens is 1. The van der Waals surface area contributed by atoms with Gasteiger partial charge in [0.25, 0.3) is 0 Å². The minimum Gasteiger partial charge on any atom is -0.494 e. The fourth-order valence-corrected chi connectivity index (χ4v) is 0.975. The van der Waals surface area contributed by atoms with E-state index in [1.54, 1.807) is 0 Å². The van der Waals surface area contributed by atoms with Crippen molar-refractivity contribution in [2.24, 2.45) is 0 Å². The molecule has 56 valence electrons. The molecule has 1 aromatic heterocycles. The summed E-state index contributed by atoms with van der Waals surface area (Å²) in [5.41, 5.74) is 0. The Hall–Kier alpha value is -0.770. The molecule has 0 amide bonds. The van der Waals surface area contributed by atoms with Gasteiger partial charge < -0.3 is 10.2 Å². The van der Waals surface area contributed by atoms with Crippen molar-refractivity contribution in [1.82, 2.24) is 4.57 Å². The molecule has 0 aromatic carbocycles. The van der Waals surface area contributed by atoms with Gasteiger partial charge in [-0.1, -0.05) is 0 Å². The number of aromatic hydroxyl groups is 2. The molecule has 0 aliphatic carbocycles. The summed E-state index contributed by atoms with van der Waals surface area (Å²) in [4.78, 5) is 0. The SMILES string of the molecule is Oc1ccc(O)n1CCS. The van der Waals surface area contributed by atoms with Gasteiger partial charge in [0.2, 0.25) is 0 Å². The predicted molar refractivity (Wildman–Crippen MR) is 41.6 cm³/mol. The summed E-state index contributed by atoms with van der Waals surface area (Å²) in [6.07, 6.45) is 0. The van der Waals surface area contributed by atoms with E-state index in [1.807, 2.05) is 0 Å². The van der Waals surface area contributed by atoms with Gasteiger partial charge in [0.15, 0.2) is 11.8 Å². The van der Waals surface area contributed by atoms with Gasteiger partial charge >= 0.3 is 0 Å². The van der Waals surface area contributed by atoms with Gasteiger partial charge in [-0.15, -0.1) is 0 Å². The van der Waals surface area contributed by atoms with E-state index in [0.717, 1.165) is 0 Å². The minimum atomic E-state index is 0.0755. The zero-order chi connectivity index (χ0) is 7.56. The Morgan fingerprint density at radius 1 is 1.30 bits per heavy atom. The van der Waals surface area contributed by atoms with Crippen molar-refractivity contribution in [1.29, 1.82) is 0 Å². The van der Waals surface area contributed by atoms with Crippen LogP contribution in [0.5, 0.6) is 11.8 Å². The van der Waals surface area contributed by atoms with E-state index in [0.29, 0.717) is 12.3 Å². The Bertz CT molecular complexity index is 202. The molecule has 0 spiro atoms. The van der Waals surface area contributed by atoms with Crippen LogP contribution >= 0.6 is 12.6 Å². The van der Waals surface area contributed by atoms with Crippen LogP contribution in [0.25, 0.3) is 0 Å². The molecule has 0 atom stereocenters. The normalized spacial score (nSPS) is 10.1. The van der Waals surface area contributed by atoms with Crippen molar-refractivity contribution in [2.45, 2.75) is 6.54 Å². The van der Waals surface area contributed by atoms with Gasteiger partial charge in [-0.3, -0.25) is 4.57 Å². The van der Waals surface area contributed by atoms with Crippen LogP contribution in [-0.4, -0.2) is 20.5 Å². The summed E-state index contributed by atoms with van der Waals surface area (Å²) in [5, 5.41) is 18.1. The quantitative estimate of drug-likeness (QED) is 0.560. The highest BCUT2D eigenvalue weighted by Gasteiger charge is 2.02. The van der Waals surface area contributed by atoms with Crippen molar-refractivity contribution < 1.29 is 10.2 Å². The van der Waals surface area contributed by atoms with E-state index in [1.165, 1.54) is 16.7 Å². The van der Waals surface area contributed by atoms with Gasteiger partial charge in [0.05, 0.1) is 0 Å². The maximum absolute atomic E-state index is 9.03. The first-order valence-electron chi connectivity index (χ1n) is 2.94. The van der Waals surface area contributed by atoms with E-state index in [2.05, 4.69) is 12.6 Å². The van der Waals surface area contributed by atoms with Gasteiger partial charge in [-0.2, -0.15) is 12.6 Å². The second-order valence-corrected chi connectivity index (χ2v) is 2.37. The van der Waals surface area contributed by atoms with Crippen LogP contribution in [0.3, 0.4) is 0 Å². The average Bonchev–Trinajstić information content (AvgIpc) is 2.20. The summed E-state index contributed by atoms with van der Waals surface area (Å²) in [5.74, 6) is 0.744. The van der Waals surface area contributed by atoms with Crippen LogP contribution in [0, 0.1) is 0 Å². The molecular formula is C6H9NO2S. The van der Waals surface area contributed by atoms with E-state index in [4.69, 9.17) is 10.2 Å². The van der Waals surface area contributed by atoms with Gasteiger partial charge in [-0.25, -0.2) is 0 Å². The fourth-order valence-electron chi connectivity index (χ4n) is 0.775. The number of hydrogen-bond donors (Lipinski definition) is 3. The molecule has 0 fully saturated rings. The molecule has 0 aliphatic heterocycles. The zero-order valence-corrected chi connectivity index (χ0v) is 6.25. The first kappa shape index (κ1) is 7.34. The average molecular weight is 159 g/mol. The third-order valence-corrected chi connectivity index (χ3v) is 1.46. The highest BCUT2D eigenvalue weighted by molar-refractivity contribution is 7.80. The van der Waals surface area contributed by atoms with Crippen molar-refractivity contribution >= 4 is 12.6 Å². The molecule has 4 heteroatoms. The van der Waals surface area contributed by atoms with Crippen LogP contribution in [0.4, 0.5) is 0 Å². The van der Waals surface area contributed by atoms with Gasteiger partial charge in [0.1, 0.15) is 0 Å². The highest BCUT2D eigenvalue weighted by Crippen LogP contribution is 2.20. The second kappa shape index (κ2) is 2.88. The first-order valence-corrected chi connectivity index (χ1v) is 3.57. The molecule has 3 nitrogen and oxygen atoms in total. The van der Waals surface area contributed by atoms with Crippen LogP contribution in [0.1, 0.15) is 0 Å².